The van der Waals surface area contributed by atoms with Crippen LogP contribution in [0.3, 0.4) is 0 Å². The lowest BCUT2D eigenvalue weighted by molar-refractivity contribution is -0.0538. The zero-order valence-corrected chi connectivity index (χ0v) is 10.8. The fraction of sp³-hybridized carbons (Fsp3) is 1.00. The SMILES string of the molecule is O[C@@]12C[C@@H]3[C@H]4C[C@H]5[C@@H]3[C@@H]1C(Br)(Br)[C@H]5[C@H]42. The molecule has 0 unspecified atom stereocenters. The number of alkyl halides is 2. The van der Waals surface area contributed by atoms with Gasteiger partial charge in [-0.3, -0.25) is 0 Å². The second-order valence-corrected chi connectivity index (χ2v) is 9.89. The van der Waals surface area contributed by atoms with Gasteiger partial charge in [-0.2, -0.15) is 0 Å². The summed E-state index contributed by atoms with van der Waals surface area (Å²) in [7, 11) is 0. The van der Waals surface area contributed by atoms with Crippen LogP contribution in [0, 0.1) is 41.4 Å². The first-order valence-corrected chi connectivity index (χ1v) is 7.25. The van der Waals surface area contributed by atoms with Gasteiger partial charge < -0.3 is 5.11 Å². The number of hydrogen-bond acceptors (Lipinski definition) is 1. The van der Waals surface area contributed by atoms with Crippen molar-refractivity contribution < 1.29 is 5.11 Å². The summed E-state index contributed by atoms with van der Waals surface area (Å²) in [5, 5.41) is 10.8. The summed E-state index contributed by atoms with van der Waals surface area (Å²) in [5.41, 5.74) is -0.287. The molecule has 0 heterocycles. The van der Waals surface area contributed by atoms with Crippen LogP contribution in [-0.4, -0.2) is 13.9 Å². The van der Waals surface area contributed by atoms with E-state index in [0.717, 1.165) is 36.0 Å². The minimum atomic E-state index is -0.287. The summed E-state index contributed by atoms with van der Waals surface area (Å²) in [6, 6.07) is 0. The van der Waals surface area contributed by atoms with Crippen LogP contribution in [0.15, 0.2) is 0 Å². The molecule has 1 N–H and O–H groups in total. The molecular formula is C11H12Br2O. The average Bonchev–Trinajstić information content (AvgIpc) is 2.70. The van der Waals surface area contributed by atoms with Crippen molar-refractivity contribution in [3.8, 4) is 0 Å². The molecule has 76 valence electrons. The smallest absolute Gasteiger partial charge is 0.0898 e. The Kier molecular flexibility index (Phi) is 1.04. The number of halogens is 2. The Balaban J connectivity index is 1.89. The van der Waals surface area contributed by atoms with Crippen molar-refractivity contribution in [2.75, 3.05) is 0 Å². The van der Waals surface area contributed by atoms with Crippen LogP contribution in [0.5, 0.6) is 0 Å². The lowest BCUT2D eigenvalue weighted by Gasteiger charge is -2.38. The third-order valence-corrected chi connectivity index (χ3v) is 8.36. The molecule has 1 nitrogen and oxygen atoms in total. The number of aliphatic hydroxyl groups is 1. The van der Waals surface area contributed by atoms with Gasteiger partial charge in [0.1, 0.15) is 0 Å². The van der Waals surface area contributed by atoms with Crippen LogP contribution in [0.2, 0.25) is 0 Å². The van der Waals surface area contributed by atoms with Crippen molar-refractivity contribution in [2.45, 2.75) is 21.7 Å². The second-order valence-electron chi connectivity index (χ2n) is 6.20. The van der Waals surface area contributed by atoms with Crippen molar-refractivity contribution in [2.24, 2.45) is 41.4 Å². The summed E-state index contributed by atoms with van der Waals surface area (Å²) >= 11 is 7.77. The van der Waals surface area contributed by atoms with Gasteiger partial charge in [-0.1, -0.05) is 31.9 Å². The molecule has 0 aromatic carbocycles. The summed E-state index contributed by atoms with van der Waals surface area (Å²) in [4.78, 5) is 0. The molecule has 6 fully saturated rings. The van der Waals surface area contributed by atoms with Crippen molar-refractivity contribution >= 4 is 31.9 Å². The first-order chi connectivity index (χ1) is 6.57. The van der Waals surface area contributed by atoms with E-state index in [2.05, 4.69) is 31.9 Å². The highest BCUT2D eigenvalue weighted by atomic mass is 79.9. The first-order valence-electron chi connectivity index (χ1n) is 5.67. The summed E-state index contributed by atoms with van der Waals surface area (Å²) < 4.78 is 0.0920. The molecule has 0 aliphatic heterocycles. The van der Waals surface area contributed by atoms with Gasteiger partial charge in [-0.15, -0.1) is 0 Å². The summed E-state index contributed by atoms with van der Waals surface area (Å²) in [6.07, 6.45) is 2.53. The van der Waals surface area contributed by atoms with Crippen LogP contribution in [-0.2, 0) is 0 Å². The zero-order chi connectivity index (χ0) is 9.46. The average molecular weight is 320 g/mol. The Bertz CT molecular complexity index is 368. The molecule has 6 aliphatic carbocycles. The van der Waals surface area contributed by atoms with Crippen LogP contribution >= 0.6 is 31.9 Å². The molecule has 0 aromatic rings. The molecule has 0 spiro atoms. The van der Waals surface area contributed by atoms with Crippen molar-refractivity contribution in [3.05, 3.63) is 0 Å². The van der Waals surface area contributed by atoms with E-state index in [1.165, 1.54) is 6.42 Å². The normalized spacial score (nSPS) is 78.6. The predicted molar refractivity (Wildman–Crippen MR) is 59.2 cm³/mol. The molecule has 6 aliphatic rings. The maximum absolute atomic E-state index is 10.8. The Labute approximate surface area is 99.9 Å². The molecule has 6 saturated carbocycles. The monoisotopic (exact) mass is 318 g/mol. The number of hydrogen-bond donors (Lipinski definition) is 1. The molecule has 0 radical (unpaired) electrons. The Morgan fingerprint density at radius 1 is 1.07 bits per heavy atom. The van der Waals surface area contributed by atoms with Crippen molar-refractivity contribution in [1.82, 2.24) is 0 Å². The van der Waals surface area contributed by atoms with Gasteiger partial charge >= 0.3 is 0 Å². The highest BCUT2D eigenvalue weighted by Crippen LogP contribution is 2.88. The van der Waals surface area contributed by atoms with Crippen LogP contribution in [0.4, 0.5) is 0 Å². The zero-order valence-electron chi connectivity index (χ0n) is 7.66. The molecule has 0 amide bonds. The number of rotatable bonds is 0. The maximum Gasteiger partial charge on any atom is 0.0898 e. The maximum atomic E-state index is 10.8. The lowest BCUT2D eigenvalue weighted by atomic mass is 9.69. The fourth-order valence-electron chi connectivity index (χ4n) is 6.55. The van der Waals surface area contributed by atoms with E-state index in [1.807, 2.05) is 0 Å². The van der Waals surface area contributed by atoms with Crippen molar-refractivity contribution in [1.29, 1.82) is 0 Å². The molecule has 6 rings (SSSR count). The molecular weight excluding hydrogens is 308 g/mol. The van der Waals surface area contributed by atoms with E-state index >= 15 is 0 Å². The minimum Gasteiger partial charge on any atom is -0.389 e. The highest BCUT2D eigenvalue weighted by Gasteiger charge is 2.89. The van der Waals surface area contributed by atoms with E-state index < -0.39 is 0 Å². The summed E-state index contributed by atoms with van der Waals surface area (Å²) in [6.45, 7) is 0. The second kappa shape index (κ2) is 1.80. The molecule has 14 heavy (non-hydrogen) atoms. The van der Waals surface area contributed by atoms with Crippen LogP contribution in [0.25, 0.3) is 0 Å². The van der Waals surface area contributed by atoms with Gasteiger partial charge in [-0.25, -0.2) is 0 Å². The third-order valence-electron chi connectivity index (χ3n) is 6.31. The van der Waals surface area contributed by atoms with Gasteiger partial charge in [0.05, 0.1) is 8.83 Å². The standard InChI is InChI=1S/C11H12Br2O/c12-11(13)8-4-1-3-5-2-10(14,7(3)8)9(11)6(4)5/h3-9,14H,1-2H2/t3-,4+,5-,6+,7+,8-,9+,10-/m1/s1. The van der Waals surface area contributed by atoms with Crippen molar-refractivity contribution in [3.63, 3.8) is 0 Å². The highest BCUT2D eigenvalue weighted by molar-refractivity contribution is 9.25. The Morgan fingerprint density at radius 2 is 1.86 bits per heavy atom. The summed E-state index contributed by atoms with van der Waals surface area (Å²) in [5.74, 6) is 5.41. The van der Waals surface area contributed by atoms with E-state index in [-0.39, 0.29) is 8.83 Å². The van der Waals surface area contributed by atoms with E-state index in [0.29, 0.717) is 11.8 Å². The predicted octanol–water partition coefficient (Wildman–Crippen LogP) is 2.37. The third kappa shape index (κ3) is 0.479. The molecule has 8 atom stereocenters. The van der Waals surface area contributed by atoms with E-state index in [9.17, 15) is 5.11 Å². The van der Waals surface area contributed by atoms with Crippen LogP contribution in [0.1, 0.15) is 12.8 Å². The quantitative estimate of drug-likeness (QED) is 0.680. The molecule has 0 aromatic heterocycles. The Hall–Kier alpha value is 0.920. The van der Waals surface area contributed by atoms with Crippen LogP contribution < -0.4 is 0 Å². The fourth-order valence-corrected chi connectivity index (χ4v) is 9.20. The Morgan fingerprint density at radius 3 is 2.57 bits per heavy atom. The van der Waals surface area contributed by atoms with Gasteiger partial charge in [0.2, 0.25) is 0 Å². The van der Waals surface area contributed by atoms with E-state index in [4.69, 9.17) is 0 Å². The van der Waals surface area contributed by atoms with Gasteiger partial charge in [0.25, 0.3) is 0 Å². The topological polar surface area (TPSA) is 20.2 Å². The molecule has 3 heteroatoms. The molecule has 0 saturated heterocycles. The largest absolute Gasteiger partial charge is 0.389 e. The minimum absolute atomic E-state index is 0.0920. The molecule has 6 bridgehead atoms. The lowest BCUT2D eigenvalue weighted by Crippen LogP contribution is -2.43. The van der Waals surface area contributed by atoms with Gasteiger partial charge in [0, 0.05) is 5.92 Å². The first kappa shape index (κ1) is 8.08. The van der Waals surface area contributed by atoms with Gasteiger partial charge in [0.15, 0.2) is 0 Å². The van der Waals surface area contributed by atoms with Gasteiger partial charge in [-0.05, 0) is 48.3 Å². The van der Waals surface area contributed by atoms with E-state index in [1.54, 1.807) is 0 Å².